The van der Waals surface area contributed by atoms with Gasteiger partial charge in [-0.25, -0.2) is 4.83 Å². The normalized spacial score (nSPS) is 11.5. The first kappa shape index (κ1) is 15.9. The Morgan fingerprint density at radius 2 is 1.86 bits per heavy atom. The predicted molar refractivity (Wildman–Crippen MR) is 82.5 cm³/mol. The maximum absolute atomic E-state index is 11.9. The van der Waals surface area contributed by atoms with Gasteiger partial charge >= 0.3 is 0 Å². The molecule has 1 N–H and O–H groups in total. The van der Waals surface area contributed by atoms with Gasteiger partial charge < -0.3 is 0 Å². The van der Waals surface area contributed by atoms with E-state index in [0.29, 0.717) is 10.6 Å². The molecule has 0 aromatic heterocycles. The molecule has 0 atom stereocenters. The minimum absolute atomic E-state index is 0.00749. The number of nitro benzene ring substituents is 1. The molecule has 0 saturated heterocycles. The van der Waals surface area contributed by atoms with E-state index in [1.165, 1.54) is 48.7 Å². The van der Waals surface area contributed by atoms with E-state index < -0.39 is 14.9 Å². The summed E-state index contributed by atoms with van der Waals surface area (Å²) in [6.07, 6.45) is 1.18. The second-order valence-electron chi connectivity index (χ2n) is 4.16. The molecule has 2 aromatic carbocycles. The Bertz CT molecular complexity index is 819. The highest BCUT2D eigenvalue weighted by atomic mass is 35.5. The quantitative estimate of drug-likeness (QED) is 0.513. The highest BCUT2D eigenvalue weighted by Gasteiger charge is 2.12. The maximum Gasteiger partial charge on any atom is 0.276 e. The van der Waals surface area contributed by atoms with Crippen LogP contribution in [0.25, 0.3) is 0 Å². The topological polar surface area (TPSA) is 102 Å². The fraction of sp³-hybridized carbons (Fsp3) is 0. The molecule has 2 aromatic rings. The van der Waals surface area contributed by atoms with Crippen LogP contribution in [0.3, 0.4) is 0 Å². The molecule has 0 radical (unpaired) electrons. The Hall–Kier alpha value is -2.45. The molecule has 22 heavy (non-hydrogen) atoms. The third kappa shape index (κ3) is 4.03. The van der Waals surface area contributed by atoms with Crippen LogP contribution >= 0.6 is 11.6 Å². The van der Waals surface area contributed by atoms with E-state index in [-0.39, 0.29) is 10.6 Å². The summed E-state index contributed by atoms with van der Waals surface area (Å²) in [5.74, 6) is 0. The number of benzene rings is 2. The first-order chi connectivity index (χ1) is 10.4. The number of nitro groups is 1. The Morgan fingerprint density at radius 1 is 1.18 bits per heavy atom. The largest absolute Gasteiger partial charge is 0.276 e. The number of hydrazone groups is 1. The number of non-ortho nitro benzene ring substituents is 1. The van der Waals surface area contributed by atoms with Gasteiger partial charge in [-0.05, 0) is 24.3 Å². The molecule has 0 aliphatic carbocycles. The molecule has 114 valence electrons. The molecular weight excluding hydrogens is 330 g/mol. The Labute approximate surface area is 131 Å². The van der Waals surface area contributed by atoms with Crippen molar-refractivity contribution in [2.24, 2.45) is 5.10 Å². The molecule has 0 bridgehead atoms. The molecular formula is C13H10ClN3O4S. The summed E-state index contributed by atoms with van der Waals surface area (Å²) in [6, 6.07) is 11.2. The fourth-order valence-electron chi connectivity index (χ4n) is 1.56. The highest BCUT2D eigenvalue weighted by molar-refractivity contribution is 7.89. The van der Waals surface area contributed by atoms with Crippen molar-refractivity contribution in [3.8, 4) is 0 Å². The van der Waals surface area contributed by atoms with E-state index in [1.807, 2.05) is 4.83 Å². The second kappa shape index (κ2) is 6.54. The van der Waals surface area contributed by atoms with Crippen LogP contribution in [-0.2, 0) is 10.0 Å². The van der Waals surface area contributed by atoms with Gasteiger partial charge in [0.2, 0.25) is 0 Å². The minimum atomic E-state index is -3.81. The zero-order valence-corrected chi connectivity index (χ0v) is 12.6. The van der Waals surface area contributed by atoms with Gasteiger partial charge in [-0.15, -0.1) is 0 Å². The van der Waals surface area contributed by atoms with Crippen LogP contribution in [0.5, 0.6) is 0 Å². The SMILES string of the molecule is O=[N+]([O-])c1cccc(/C=N\NS(=O)(=O)c2ccc(Cl)cc2)c1. The van der Waals surface area contributed by atoms with Gasteiger partial charge in [0, 0.05) is 22.7 Å². The molecule has 2 rings (SSSR count). The first-order valence-corrected chi connectivity index (χ1v) is 7.79. The van der Waals surface area contributed by atoms with Gasteiger partial charge in [0.25, 0.3) is 15.7 Å². The summed E-state index contributed by atoms with van der Waals surface area (Å²) < 4.78 is 23.9. The number of nitrogens with zero attached hydrogens (tertiary/aromatic N) is 2. The van der Waals surface area contributed by atoms with Crippen LogP contribution in [0.15, 0.2) is 58.5 Å². The van der Waals surface area contributed by atoms with Gasteiger partial charge in [0.05, 0.1) is 16.0 Å². The molecule has 0 amide bonds. The summed E-state index contributed by atoms with van der Waals surface area (Å²) >= 11 is 5.69. The number of hydrogen-bond acceptors (Lipinski definition) is 5. The van der Waals surface area contributed by atoms with E-state index in [4.69, 9.17) is 11.6 Å². The summed E-state index contributed by atoms with van der Waals surface area (Å²) in [5, 5.41) is 14.6. The summed E-state index contributed by atoms with van der Waals surface area (Å²) in [7, 11) is -3.81. The van der Waals surface area contributed by atoms with E-state index in [2.05, 4.69) is 5.10 Å². The number of hydrogen-bond donors (Lipinski definition) is 1. The standard InChI is InChI=1S/C13H10ClN3O4S/c14-11-4-6-13(7-5-11)22(20,21)16-15-9-10-2-1-3-12(8-10)17(18)19/h1-9,16H/b15-9-. The Morgan fingerprint density at radius 3 is 2.50 bits per heavy atom. The van der Waals surface area contributed by atoms with Crippen LogP contribution < -0.4 is 4.83 Å². The molecule has 0 aliphatic heterocycles. The van der Waals surface area contributed by atoms with Crippen molar-refractivity contribution in [3.63, 3.8) is 0 Å². The average molecular weight is 340 g/mol. The van der Waals surface area contributed by atoms with Crippen molar-refractivity contribution in [2.45, 2.75) is 4.90 Å². The molecule has 0 aliphatic rings. The van der Waals surface area contributed by atoms with Crippen LogP contribution in [0, 0.1) is 10.1 Å². The first-order valence-electron chi connectivity index (χ1n) is 5.93. The van der Waals surface area contributed by atoms with Crippen molar-refractivity contribution in [3.05, 3.63) is 69.2 Å². The van der Waals surface area contributed by atoms with Gasteiger partial charge in [-0.2, -0.15) is 13.5 Å². The van der Waals surface area contributed by atoms with E-state index in [9.17, 15) is 18.5 Å². The van der Waals surface area contributed by atoms with Gasteiger partial charge in [-0.1, -0.05) is 23.7 Å². The second-order valence-corrected chi connectivity index (χ2v) is 6.26. The zero-order valence-electron chi connectivity index (χ0n) is 11.0. The van der Waals surface area contributed by atoms with Gasteiger partial charge in [0.15, 0.2) is 0 Å². The average Bonchev–Trinajstić information content (AvgIpc) is 2.48. The van der Waals surface area contributed by atoms with Crippen LogP contribution in [0.4, 0.5) is 5.69 Å². The monoisotopic (exact) mass is 339 g/mol. The number of halogens is 1. The number of sulfonamides is 1. The summed E-state index contributed by atoms with van der Waals surface area (Å²) in [5.41, 5.74) is 0.289. The number of rotatable bonds is 5. The molecule has 0 fully saturated rings. The predicted octanol–water partition coefficient (Wildman–Crippen LogP) is 2.56. The fourth-order valence-corrected chi connectivity index (χ4v) is 2.47. The molecule has 0 heterocycles. The summed E-state index contributed by atoms with van der Waals surface area (Å²) in [6.45, 7) is 0. The summed E-state index contributed by atoms with van der Waals surface area (Å²) in [4.78, 5) is 12.1. The van der Waals surface area contributed by atoms with E-state index in [1.54, 1.807) is 6.07 Å². The number of nitrogens with one attached hydrogen (secondary N) is 1. The molecule has 7 nitrogen and oxygen atoms in total. The molecule has 0 spiro atoms. The minimum Gasteiger partial charge on any atom is -0.258 e. The lowest BCUT2D eigenvalue weighted by Crippen LogP contribution is -2.18. The lowest BCUT2D eigenvalue weighted by atomic mass is 10.2. The lowest BCUT2D eigenvalue weighted by molar-refractivity contribution is -0.384. The molecule has 0 unspecified atom stereocenters. The van der Waals surface area contributed by atoms with Crippen molar-refractivity contribution in [2.75, 3.05) is 0 Å². The lowest BCUT2D eigenvalue weighted by Gasteiger charge is -2.03. The van der Waals surface area contributed by atoms with Crippen LogP contribution in [0.1, 0.15) is 5.56 Å². The van der Waals surface area contributed by atoms with E-state index >= 15 is 0 Å². The molecule has 9 heteroatoms. The Balaban J connectivity index is 2.13. The van der Waals surface area contributed by atoms with Crippen molar-refractivity contribution in [1.29, 1.82) is 0 Å². The van der Waals surface area contributed by atoms with Crippen molar-refractivity contribution < 1.29 is 13.3 Å². The Kier molecular flexibility index (Phi) is 4.74. The van der Waals surface area contributed by atoms with Gasteiger partial charge in [0.1, 0.15) is 0 Å². The smallest absolute Gasteiger partial charge is 0.258 e. The third-order valence-corrected chi connectivity index (χ3v) is 4.08. The van der Waals surface area contributed by atoms with E-state index in [0.717, 1.165) is 0 Å². The highest BCUT2D eigenvalue weighted by Crippen LogP contribution is 2.14. The zero-order chi connectivity index (χ0) is 16.2. The maximum atomic E-state index is 11.9. The van der Waals surface area contributed by atoms with Crippen LogP contribution in [-0.4, -0.2) is 19.6 Å². The van der Waals surface area contributed by atoms with Crippen LogP contribution in [0.2, 0.25) is 5.02 Å². The van der Waals surface area contributed by atoms with Crippen molar-refractivity contribution in [1.82, 2.24) is 4.83 Å². The molecule has 0 saturated carbocycles. The van der Waals surface area contributed by atoms with Gasteiger partial charge in [-0.3, -0.25) is 10.1 Å². The third-order valence-electron chi connectivity index (χ3n) is 2.59. The van der Waals surface area contributed by atoms with Crippen molar-refractivity contribution >= 4 is 33.5 Å².